The van der Waals surface area contributed by atoms with E-state index < -0.39 is 30.2 Å². The molecule has 9 heteroatoms. The lowest BCUT2D eigenvalue weighted by Gasteiger charge is -2.24. The summed E-state index contributed by atoms with van der Waals surface area (Å²) in [5, 5.41) is 24.8. The van der Waals surface area contributed by atoms with Crippen LogP contribution >= 0.6 is 0 Å². The Morgan fingerprint density at radius 1 is 1.24 bits per heavy atom. The number of hydrogen-bond acceptors (Lipinski definition) is 7. The van der Waals surface area contributed by atoms with E-state index in [-0.39, 0.29) is 16.9 Å². The van der Waals surface area contributed by atoms with Crippen LogP contribution < -0.4 is 15.8 Å². The largest absolute Gasteiger partial charge is 0.487 e. The minimum Gasteiger partial charge on any atom is -0.487 e. The van der Waals surface area contributed by atoms with E-state index in [1.165, 1.54) is 22.7 Å². The molecule has 0 radical (unpaired) electrons. The van der Waals surface area contributed by atoms with Crippen molar-refractivity contribution in [3.63, 3.8) is 0 Å². The molecule has 0 bridgehead atoms. The van der Waals surface area contributed by atoms with Crippen molar-refractivity contribution in [1.29, 1.82) is 0 Å². The normalized spacial score (nSPS) is 26.6. The number of aliphatic hydroxyl groups is 2. The Hall–Kier alpha value is -2.75. The van der Waals surface area contributed by atoms with Crippen LogP contribution in [0.5, 0.6) is 5.75 Å². The second-order valence-electron chi connectivity index (χ2n) is 7.60. The molecule has 152 valence electrons. The van der Waals surface area contributed by atoms with Gasteiger partial charge in [0.1, 0.15) is 41.9 Å². The first-order valence-corrected chi connectivity index (χ1v) is 9.65. The van der Waals surface area contributed by atoms with E-state index in [4.69, 9.17) is 10.5 Å². The Balaban J connectivity index is 1.46. The fourth-order valence-electron chi connectivity index (χ4n) is 4.45. The molecule has 8 nitrogen and oxygen atoms in total. The van der Waals surface area contributed by atoms with Gasteiger partial charge in [-0.1, -0.05) is 12.1 Å². The molecule has 4 atom stereocenters. The molecule has 2 aliphatic rings. The Bertz CT molecular complexity index is 1070. The van der Waals surface area contributed by atoms with Crippen LogP contribution in [0.15, 0.2) is 30.7 Å². The zero-order valence-corrected chi connectivity index (χ0v) is 15.6. The third-order valence-corrected chi connectivity index (χ3v) is 5.92. The molecular weight excluding hydrogens is 377 g/mol. The summed E-state index contributed by atoms with van der Waals surface area (Å²) >= 11 is 0. The fraction of sp³-hybridized carbons (Fsp3) is 0.400. The third kappa shape index (κ3) is 2.93. The van der Waals surface area contributed by atoms with Crippen molar-refractivity contribution < 1.29 is 19.3 Å². The SMILES string of the molecule is Nc1ncnc2c1c(F)cn2C1CC(Oc2cccc3c2CCNC3)[C@@H](O)[C@H]1O. The number of nitrogen functional groups attached to an aromatic ring is 1. The van der Waals surface area contributed by atoms with Crippen molar-refractivity contribution in [1.82, 2.24) is 19.9 Å². The summed E-state index contributed by atoms with van der Waals surface area (Å²) in [4.78, 5) is 7.95. The number of nitrogens with two attached hydrogens (primary N) is 1. The lowest BCUT2D eigenvalue weighted by molar-refractivity contribution is -0.0166. The highest BCUT2D eigenvalue weighted by atomic mass is 19.1. The number of rotatable bonds is 3. The van der Waals surface area contributed by atoms with E-state index in [1.807, 2.05) is 12.1 Å². The first kappa shape index (κ1) is 18.3. The molecule has 0 saturated heterocycles. The number of ether oxygens (including phenoxy) is 1. The Morgan fingerprint density at radius 3 is 2.97 bits per heavy atom. The number of aromatic nitrogens is 3. The van der Waals surface area contributed by atoms with Crippen LogP contribution in [0.1, 0.15) is 23.6 Å². The predicted molar refractivity (Wildman–Crippen MR) is 104 cm³/mol. The number of nitrogens with one attached hydrogen (secondary N) is 1. The maximum Gasteiger partial charge on any atom is 0.154 e. The first-order chi connectivity index (χ1) is 14.0. The minimum absolute atomic E-state index is 0.0385. The lowest BCUT2D eigenvalue weighted by Crippen LogP contribution is -2.34. The van der Waals surface area contributed by atoms with Gasteiger partial charge >= 0.3 is 0 Å². The molecule has 1 fully saturated rings. The number of hydrogen-bond donors (Lipinski definition) is 4. The van der Waals surface area contributed by atoms with E-state index in [1.54, 1.807) is 0 Å². The summed E-state index contributed by atoms with van der Waals surface area (Å²) in [5.41, 5.74) is 8.36. The van der Waals surface area contributed by atoms with Gasteiger partial charge in [-0.2, -0.15) is 0 Å². The van der Waals surface area contributed by atoms with Gasteiger partial charge in [-0.05, 0) is 30.2 Å². The average molecular weight is 399 g/mol. The minimum atomic E-state index is -1.13. The Kier molecular flexibility index (Phi) is 4.38. The van der Waals surface area contributed by atoms with Crippen molar-refractivity contribution in [2.24, 2.45) is 0 Å². The molecule has 5 N–H and O–H groups in total. The standard InChI is InChI=1S/C20H22FN5O3/c21-12-8-26(20-16(12)19(22)24-9-25-20)13-6-15(18(28)17(13)27)29-14-3-1-2-10-7-23-5-4-11(10)14/h1-3,8-9,13,15,17-18,23,27-28H,4-7H2,(H2,22,24,25)/t13?,15?,17-,18+/m0/s1. The molecule has 5 rings (SSSR count). The molecule has 1 aliphatic carbocycles. The van der Waals surface area contributed by atoms with Gasteiger partial charge in [-0.3, -0.25) is 0 Å². The number of aliphatic hydroxyl groups excluding tert-OH is 2. The van der Waals surface area contributed by atoms with Crippen LogP contribution in [-0.4, -0.2) is 49.6 Å². The zero-order chi connectivity index (χ0) is 20.1. The van der Waals surface area contributed by atoms with Gasteiger partial charge in [0.2, 0.25) is 0 Å². The van der Waals surface area contributed by atoms with Crippen LogP contribution in [0.3, 0.4) is 0 Å². The van der Waals surface area contributed by atoms with E-state index in [0.717, 1.165) is 30.8 Å². The Morgan fingerprint density at radius 2 is 2.10 bits per heavy atom. The van der Waals surface area contributed by atoms with Crippen LogP contribution in [0.25, 0.3) is 11.0 Å². The van der Waals surface area contributed by atoms with Gasteiger partial charge in [0.15, 0.2) is 5.82 Å². The van der Waals surface area contributed by atoms with E-state index in [2.05, 4.69) is 21.4 Å². The molecule has 3 aromatic rings. The monoisotopic (exact) mass is 399 g/mol. The maximum atomic E-state index is 14.4. The fourth-order valence-corrected chi connectivity index (χ4v) is 4.45. The van der Waals surface area contributed by atoms with Crippen LogP contribution in [0, 0.1) is 5.82 Å². The highest BCUT2D eigenvalue weighted by Crippen LogP contribution is 2.38. The summed E-state index contributed by atoms with van der Waals surface area (Å²) < 4.78 is 22.1. The number of benzene rings is 1. The van der Waals surface area contributed by atoms with Gasteiger partial charge in [-0.15, -0.1) is 0 Å². The molecule has 0 spiro atoms. The maximum absolute atomic E-state index is 14.4. The van der Waals surface area contributed by atoms with Gasteiger partial charge in [-0.25, -0.2) is 14.4 Å². The summed E-state index contributed by atoms with van der Waals surface area (Å²) in [6.45, 7) is 1.64. The molecule has 2 aromatic heterocycles. The zero-order valence-electron chi connectivity index (χ0n) is 15.6. The van der Waals surface area contributed by atoms with Gasteiger partial charge in [0.05, 0.1) is 11.4 Å². The molecule has 1 aromatic carbocycles. The molecular formula is C20H22FN5O3. The predicted octanol–water partition coefficient (Wildman–Crippen LogP) is 0.912. The first-order valence-electron chi connectivity index (χ1n) is 9.65. The molecule has 2 unspecified atom stereocenters. The van der Waals surface area contributed by atoms with E-state index in [9.17, 15) is 14.6 Å². The molecule has 1 aliphatic heterocycles. The quantitative estimate of drug-likeness (QED) is 0.517. The second kappa shape index (κ2) is 6.94. The number of anilines is 1. The van der Waals surface area contributed by atoms with E-state index in [0.29, 0.717) is 6.42 Å². The van der Waals surface area contributed by atoms with E-state index >= 15 is 0 Å². The molecule has 1 saturated carbocycles. The summed E-state index contributed by atoms with van der Waals surface area (Å²) in [6.07, 6.45) is 0.764. The van der Waals surface area contributed by atoms with Crippen molar-refractivity contribution >= 4 is 16.9 Å². The third-order valence-electron chi connectivity index (χ3n) is 5.92. The number of fused-ring (bicyclic) bond motifs is 2. The lowest BCUT2D eigenvalue weighted by atomic mass is 10.00. The van der Waals surface area contributed by atoms with Crippen LogP contribution in [0.4, 0.5) is 10.2 Å². The smallest absolute Gasteiger partial charge is 0.154 e. The molecule has 0 amide bonds. The van der Waals surface area contributed by atoms with Gasteiger partial charge in [0, 0.05) is 19.2 Å². The van der Waals surface area contributed by atoms with Crippen LogP contribution in [0.2, 0.25) is 0 Å². The average Bonchev–Trinajstić information content (AvgIpc) is 3.20. The van der Waals surface area contributed by atoms with Crippen molar-refractivity contribution in [2.75, 3.05) is 12.3 Å². The van der Waals surface area contributed by atoms with Gasteiger partial charge < -0.3 is 30.6 Å². The molecule has 29 heavy (non-hydrogen) atoms. The van der Waals surface area contributed by atoms with Crippen molar-refractivity contribution in [3.8, 4) is 5.75 Å². The summed E-state index contributed by atoms with van der Waals surface area (Å²) in [6, 6.07) is 5.26. The number of nitrogens with zero attached hydrogens (tertiary/aromatic N) is 3. The summed E-state index contributed by atoms with van der Waals surface area (Å²) in [7, 11) is 0. The Labute approximate surface area is 166 Å². The highest BCUT2D eigenvalue weighted by molar-refractivity contribution is 5.86. The second-order valence-corrected chi connectivity index (χ2v) is 7.60. The number of halogens is 1. The van der Waals surface area contributed by atoms with Gasteiger partial charge in [0.25, 0.3) is 0 Å². The van der Waals surface area contributed by atoms with Crippen molar-refractivity contribution in [3.05, 3.63) is 47.7 Å². The van der Waals surface area contributed by atoms with Crippen molar-refractivity contribution in [2.45, 2.75) is 43.7 Å². The topological polar surface area (TPSA) is 118 Å². The summed E-state index contributed by atoms with van der Waals surface area (Å²) in [5.74, 6) is 0.196. The highest BCUT2D eigenvalue weighted by Gasteiger charge is 2.45. The van der Waals surface area contributed by atoms with Crippen LogP contribution in [-0.2, 0) is 13.0 Å². The molecule has 3 heterocycles.